The van der Waals surface area contributed by atoms with E-state index in [-0.39, 0.29) is 11.7 Å². The lowest BCUT2D eigenvalue weighted by Crippen LogP contribution is -2.44. The highest BCUT2D eigenvalue weighted by Gasteiger charge is 2.23. The van der Waals surface area contributed by atoms with Crippen molar-refractivity contribution >= 4 is 18.0 Å². The Bertz CT molecular complexity index is 494. The zero-order valence-corrected chi connectivity index (χ0v) is 11.7. The fourth-order valence-electron chi connectivity index (χ4n) is 1.57. The summed E-state index contributed by atoms with van der Waals surface area (Å²) in [5, 5.41) is 2.57. The van der Waals surface area contributed by atoms with Crippen molar-refractivity contribution in [2.75, 3.05) is 7.11 Å². The zero-order chi connectivity index (χ0) is 15.1. The molecule has 0 aromatic heterocycles. The maximum absolute atomic E-state index is 12.7. The first kappa shape index (κ1) is 15.9. The number of ether oxygens (including phenoxy) is 1. The summed E-state index contributed by atoms with van der Waals surface area (Å²) in [4.78, 5) is 23.2. The molecule has 0 heterocycles. The maximum atomic E-state index is 12.7. The molecule has 5 heteroatoms. The Hall–Kier alpha value is -2.17. The summed E-state index contributed by atoms with van der Waals surface area (Å²) in [6.45, 7) is 3.62. The van der Waals surface area contributed by atoms with Gasteiger partial charge in [0, 0.05) is 6.08 Å². The Morgan fingerprint density at radius 2 is 1.85 bits per heavy atom. The van der Waals surface area contributed by atoms with Crippen LogP contribution in [-0.4, -0.2) is 25.0 Å². The quantitative estimate of drug-likeness (QED) is 0.663. The van der Waals surface area contributed by atoms with Crippen LogP contribution in [0.15, 0.2) is 30.3 Å². The van der Waals surface area contributed by atoms with Crippen LogP contribution in [0.1, 0.15) is 19.4 Å². The van der Waals surface area contributed by atoms with Crippen LogP contribution in [-0.2, 0) is 14.3 Å². The second-order valence-electron chi connectivity index (χ2n) is 4.64. The average molecular weight is 279 g/mol. The molecule has 0 aliphatic heterocycles. The molecule has 0 saturated heterocycles. The van der Waals surface area contributed by atoms with E-state index in [0.717, 1.165) is 0 Å². The van der Waals surface area contributed by atoms with Gasteiger partial charge in [0.2, 0.25) is 5.91 Å². The van der Waals surface area contributed by atoms with Crippen LogP contribution < -0.4 is 5.32 Å². The minimum Gasteiger partial charge on any atom is -0.467 e. The molecule has 0 bridgehead atoms. The van der Waals surface area contributed by atoms with Gasteiger partial charge in [0.25, 0.3) is 0 Å². The highest BCUT2D eigenvalue weighted by molar-refractivity contribution is 5.94. The number of carbonyl (C=O) groups is 2. The second kappa shape index (κ2) is 7.43. The number of halogens is 1. The molecule has 0 radical (unpaired) electrons. The summed E-state index contributed by atoms with van der Waals surface area (Å²) in [6, 6.07) is 5.04. The predicted octanol–water partition coefficient (Wildman–Crippen LogP) is 2.15. The fraction of sp³-hybridized carbons (Fsp3) is 0.333. The van der Waals surface area contributed by atoms with Crippen molar-refractivity contribution in [3.05, 3.63) is 41.7 Å². The normalized spacial score (nSPS) is 12.4. The van der Waals surface area contributed by atoms with E-state index in [1.807, 2.05) is 13.8 Å². The van der Waals surface area contributed by atoms with E-state index < -0.39 is 17.9 Å². The molecule has 1 atom stereocenters. The Balaban J connectivity index is 2.66. The number of benzene rings is 1. The molecule has 108 valence electrons. The minimum absolute atomic E-state index is 0.0781. The molecule has 0 aliphatic carbocycles. The van der Waals surface area contributed by atoms with Crippen molar-refractivity contribution in [1.82, 2.24) is 5.32 Å². The van der Waals surface area contributed by atoms with Crippen LogP contribution in [0.4, 0.5) is 4.39 Å². The molecule has 1 unspecified atom stereocenters. The number of amides is 1. The van der Waals surface area contributed by atoms with Gasteiger partial charge in [0.15, 0.2) is 0 Å². The molecule has 1 aromatic rings. The van der Waals surface area contributed by atoms with Gasteiger partial charge < -0.3 is 10.1 Å². The Kier molecular flexibility index (Phi) is 5.90. The predicted molar refractivity (Wildman–Crippen MR) is 74.2 cm³/mol. The topological polar surface area (TPSA) is 55.4 Å². The molecule has 20 heavy (non-hydrogen) atoms. The summed E-state index contributed by atoms with van der Waals surface area (Å²) in [5.41, 5.74) is 0.695. The first-order valence-electron chi connectivity index (χ1n) is 6.26. The van der Waals surface area contributed by atoms with Gasteiger partial charge in [0.05, 0.1) is 7.11 Å². The number of hydrogen-bond acceptors (Lipinski definition) is 3. The lowest BCUT2D eigenvalue weighted by Gasteiger charge is -2.18. The van der Waals surface area contributed by atoms with Gasteiger partial charge in [-0.25, -0.2) is 9.18 Å². The average Bonchev–Trinajstić information content (AvgIpc) is 2.43. The molecule has 1 N–H and O–H groups in total. The molecule has 4 nitrogen and oxygen atoms in total. The lowest BCUT2D eigenvalue weighted by atomic mass is 10.0. The van der Waals surface area contributed by atoms with Crippen molar-refractivity contribution in [2.45, 2.75) is 19.9 Å². The third kappa shape index (κ3) is 4.84. The largest absolute Gasteiger partial charge is 0.467 e. The number of carbonyl (C=O) groups excluding carboxylic acids is 2. The maximum Gasteiger partial charge on any atom is 0.328 e. The molecule has 1 rings (SSSR count). The van der Waals surface area contributed by atoms with Crippen molar-refractivity contribution in [3.63, 3.8) is 0 Å². The monoisotopic (exact) mass is 279 g/mol. The molecule has 0 saturated carbocycles. The third-order valence-corrected chi connectivity index (χ3v) is 2.72. The van der Waals surface area contributed by atoms with E-state index in [2.05, 4.69) is 10.1 Å². The number of nitrogens with one attached hydrogen (secondary N) is 1. The van der Waals surface area contributed by atoms with Gasteiger partial charge in [-0.15, -0.1) is 0 Å². The third-order valence-electron chi connectivity index (χ3n) is 2.72. The highest BCUT2D eigenvalue weighted by Crippen LogP contribution is 2.06. The molecule has 0 aliphatic rings. The van der Waals surface area contributed by atoms with E-state index in [0.29, 0.717) is 5.56 Å². The number of hydrogen-bond donors (Lipinski definition) is 1. The lowest BCUT2D eigenvalue weighted by molar-refractivity contribution is -0.145. The molecule has 1 amide bonds. The summed E-state index contributed by atoms with van der Waals surface area (Å²) < 4.78 is 17.4. The first-order chi connectivity index (χ1) is 9.43. The Labute approximate surface area is 117 Å². The van der Waals surface area contributed by atoms with E-state index >= 15 is 0 Å². The van der Waals surface area contributed by atoms with Crippen LogP contribution in [0.25, 0.3) is 6.08 Å². The second-order valence-corrected chi connectivity index (χ2v) is 4.64. The van der Waals surface area contributed by atoms with E-state index in [4.69, 9.17) is 0 Å². The van der Waals surface area contributed by atoms with Crippen LogP contribution in [0.3, 0.4) is 0 Å². The van der Waals surface area contributed by atoms with Gasteiger partial charge in [-0.05, 0) is 29.7 Å². The molecule has 1 aromatic carbocycles. The van der Waals surface area contributed by atoms with E-state index in [1.54, 1.807) is 18.2 Å². The molecule has 0 spiro atoms. The van der Waals surface area contributed by atoms with E-state index in [9.17, 15) is 14.0 Å². The summed E-state index contributed by atoms with van der Waals surface area (Å²) in [6.07, 6.45) is 2.84. The number of methoxy groups -OCH3 is 1. The Morgan fingerprint density at radius 1 is 1.25 bits per heavy atom. The van der Waals surface area contributed by atoms with Gasteiger partial charge in [0.1, 0.15) is 11.9 Å². The molecular formula is C15H18FNO3. The van der Waals surface area contributed by atoms with Gasteiger partial charge >= 0.3 is 5.97 Å². The van der Waals surface area contributed by atoms with Crippen LogP contribution in [0.5, 0.6) is 0 Å². The highest BCUT2D eigenvalue weighted by atomic mass is 19.1. The van der Waals surface area contributed by atoms with Crippen LogP contribution in [0.2, 0.25) is 0 Å². The summed E-state index contributed by atoms with van der Waals surface area (Å²) in [7, 11) is 1.28. The van der Waals surface area contributed by atoms with Gasteiger partial charge in [-0.1, -0.05) is 26.0 Å². The van der Waals surface area contributed by atoms with Crippen molar-refractivity contribution in [3.8, 4) is 0 Å². The van der Waals surface area contributed by atoms with Crippen molar-refractivity contribution in [1.29, 1.82) is 0 Å². The summed E-state index contributed by atoms with van der Waals surface area (Å²) >= 11 is 0. The van der Waals surface area contributed by atoms with Gasteiger partial charge in [-0.3, -0.25) is 4.79 Å². The van der Waals surface area contributed by atoms with E-state index in [1.165, 1.54) is 25.3 Å². The fourth-order valence-corrected chi connectivity index (χ4v) is 1.57. The van der Waals surface area contributed by atoms with Crippen LogP contribution in [0, 0.1) is 11.7 Å². The number of esters is 1. The molecule has 0 fully saturated rings. The zero-order valence-electron chi connectivity index (χ0n) is 11.7. The van der Waals surface area contributed by atoms with Crippen molar-refractivity contribution in [2.24, 2.45) is 5.92 Å². The Morgan fingerprint density at radius 3 is 2.35 bits per heavy atom. The van der Waals surface area contributed by atoms with Gasteiger partial charge in [-0.2, -0.15) is 0 Å². The molecular weight excluding hydrogens is 261 g/mol. The smallest absolute Gasteiger partial charge is 0.328 e. The SMILES string of the molecule is COC(=O)C(NC(=O)/C=C/c1ccc(F)cc1)C(C)C. The standard InChI is InChI=1S/C15H18FNO3/c1-10(2)14(15(19)20-3)17-13(18)9-6-11-4-7-12(16)8-5-11/h4-10,14H,1-3H3,(H,17,18)/b9-6+. The first-order valence-corrected chi connectivity index (χ1v) is 6.26. The van der Waals surface area contributed by atoms with Crippen molar-refractivity contribution < 1.29 is 18.7 Å². The number of rotatable bonds is 5. The summed E-state index contributed by atoms with van der Waals surface area (Å²) in [5.74, 6) is -1.30. The van der Waals surface area contributed by atoms with Crippen LogP contribution >= 0.6 is 0 Å². The minimum atomic E-state index is -0.689.